The summed E-state index contributed by atoms with van der Waals surface area (Å²) in [7, 11) is 0. The molecule has 11 rings (SSSR count). The van der Waals surface area contributed by atoms with E-state index in [4.69, 9.17) is 0 Å². The lowest BCUT2D eigenvalue weighted by Crippen LogP contribution is -2.65. The first kappa shape index (κ1) is 37.2. The van der Waals surface area contributed by atoms with Crippen molar-refractivity contribution in [3.05, 3.63) is 34.9 Å². The summed E-state index contributed by atoms with van der Waals surface area (Å²) < 4.78 is 0. The van der Waals surface area contributed by atoms with E-state index in [9.17, 15) is 14.4 Å². The highest BCUT2D eigenvalue weighted by molar-refractivity contribution is 6.05. The van der Waals surface area contributed by atoms with E-state index in [0.717, 1.165) is 76.5 Å². The fourth-order valence-corrected chi connectivity index (χ4v) is 17.6. The Labute approximate surface area is 326 Å². The van der Waals surface area contributed by atoms with Crippen molar-refractivity contribution in [2.75, 3.05) is 0 Å². The highest BCUT2D eigenvalue weighted by atomic mass is 16.2. The van der Waals surface area contributed by atoms with Crippen molar-refractivity contribution in [1.29, 1.82) is 0 Å². The van der Waals surface area contributed by atoms with Gasteiger partial charge in [-0.05, 0) is 172 Å². The summed E-state index contributed by atoms with van der Waals surface area (Å²) in [4.78, 5) is 43.9. The Morgan fingerprint density at radius 1 is 0.537 bits per heavy atom. The van der Waals surface area contributed by atoms with Crippen molar-refractivity contribution in [3.63, 3.8) is 0 Å². The molecule has 0 aliphatic heterocycles. The molecule has 3 amide bonds. The molecule has 8 bridgehead atoms. The summed E-state index contributed by atoms with van der Waals surface area (Å²) in [5.74, 6) is 1.64. The predicted molar refractivity (Wildman–Crippen MR) is 215 cm³/mol. The van der Waals surface area contributed by atoms with Crippen molar-refractivity contribution in [3.8, 4) is 0 Å². The van der Waals surface area contributed by atoms with E-state index in [1.807, 2.05) is 0 Å². The van der Waals surface area contributed by atoms with Crippen LogP contribution in [-0.2, 0) is 0 Å². The number of amides is 3. The van der Waals surface area contributed by atoms with Gasteiger partial charge in [-0.3, -0.25) is 14.4 Å². The Morgan fingerprint density at radius 3 is 1.37 bits per heavy atom. The smallest absolute Gasteiger partial charge is 0.251 e. The highest BCUT2D eigenvalue weighted by Gasteiger charge is 2.62. The van der Waals surface area contributed by atoms with Crippen molar-refractivity contribution < 1.29 is 14.4 Å². The number of hydrogen-bond donors (Lipinski definition) is 3. The summed E-state index contributed by atoms with van der Waals surface area (Å²) in [5, 5.41) is 10.9. The molecular weight excluding hydrogens is 667 g/mol. The maximum atomic E-state index is 14.7. The van der Waals surface area contributed by atoms with Crippen LogP contribution in [0, 0.1) is 44.8 Å². The van der Waals surface area contributed by atoms with Crippen molar-refractivity contribution in [1.82, 2.24) is 16.0 Å². The van der Waals surface area contributed by atoms with Gasteiger partial charge >= 0.3 is 0 Å². The summed E-state index contributed by atoms with van der Waals surface area (Å²) >= 11 is 0. The van der Waals surface area contributed by atoms with E-state index in [-0.39, 0.29) is 61.4 Å². The number of benzene rings is 1. The lowest BCUT2D eigenvalue weighted by atomic mass is 9.42. The zero-order valence-corrected chi connectivity index (χ0v) is 34.7. The second kappa shape index (κ2) is 12.3. The van der Waals surface area contributed by atoms with Crippen LogP contribution in [0.2, 0.25) is 0 Å². The first-order chi connectivity index (χ1) is 25.3. The van der Waals surface area contributed by atoms with Crippen LogP contribution in [0.3, 0.4) is 0 Å². The molecule has 6 nitrogen and oxygen atoms in total. The zero-order chi connectivity index (χ0) is 38.0. The van der Waals surface area contributed by atoms with Crippen LogP contribution >= 0.6 is 0 Å². The lowest BCUT2D eigenvalue weighted by Gasteiger charge is -2.65. The lowest BCUT2D eigenvalue weighted by molar-refractivity contribution is -0.114. The van der Waals surface area contributed by atoms with Crippen LogP contribution < -0.4 is 16.0 Å². The summed E-state index contributed by atoms with van der Waals surface area (Å²) in [5.41, 5.74) is 1.94. The zero-order valence-electron chi connectivity index (χ0n) is 34.7. The van der Waals surface area contributed by atoms with Gasteiger partial charge < -0.3 is 16.0 Å². The number of carbonyl (C=O) groups excluding carboxylic acids is 3. The first-order valence-corrected chi connectivity index (χ1v) is 22.4. The molecule has 0 aromatic heterocycles. The molecule has 0 heterocycles. The first-order valence-electron chi connectivity index (χ1n) is 22.4. The monoisotopic (exact) mass is 738 g/mol. The van der Waals surface area contributed by atoms with E-state index in [1.54, 1.807) is 18.2 Å². The van der Waals surface area contributed by atoms with Crippen LogP contribution in [0.4, 0.5) is 0 Å². The molecule has 10 fully saturated rings. The number of hydrogen-bond acceptors (Lipinski definition) is 3. The second-order valence-corrected chi connectivity index (χ2v) is 24.0. The molecule has 6 atom stereocenters. The maximum absolute atomic E-state index is 14.7. The Balaban J connectivity index is 1.03. The second-order valence-electron chi connectivity index (χ2n) is 24.0. The Hall–Kier alpha value is -2.37. The van der Waals surface area contributed by atoms with Gasteiger partial charge in [0.2, 0.25) is 0 Å². The summed E-state index contributed by atoms with van der Waals surface area (Å²) in [6, 6.07) is 5.41. The van der Waals surface area contributed by atoms with Gasteiger partial charge in [-0.25, -0.2) is 0 Å². The number of rotatable bonds is 8. The van der Waals surface area contributed by atoms with Crippen LogP contribution in [-0.4, -0.2) is 34.3 Å². The summed E-state index contributed by atoms with van der Waals surface area (Å²) in [6.45, 7) is 14.6. The molecular formula is C48H71N3O3. The third-order valence-electron chi connectivity index (χ3n) is 17.0. The van der Waals surface area contributed by atoms with Gasteiger partial charge in [-0.15, -0.1) is 0 Å². The fourth-order valence-electron chi connectivity index (χ4n) is 17.6. The molecule has 296 valence electrons. The molecule has 10 saturated carbocycles. The molecule has 54 heavy (non-hydrogen) atoms. The van der Waals surface area contributed by atoms with Crippen LogP contribution in [0.1, 0.15) is 214 Å². The minimum Gasteiger partial charge on any atom is -0.347 e. The molecule has 6 heteroatoms. The minimum absolute atomic E-state index is 0.126. The predicted octanol–water partition coefficient (Wildman–Crippen LogP) is 10.7. The van der Waals surface area contributed by atoms with Gasteiger partial charge in [0.15, 0.2) is 0 Å². The number of carbonyl (C=O) groups is 3. The van der Waals surface area contributed by atoms with Gasteiger partial charge in [0.25, 0.3) is 17.7 Å². The van der Waals surface area contributed by atoms with Gasteiger partial charge in [-0.2, -0.15) is 0 Å². The summed E-state index contributed by atoms with van der Waals surface area (Å²) in [6.07, 6.45) is 25.2. The van der Waals surface area contributed by atoms with Gasteiger partial charge in [0.05, 0.1) is 0 Å². The fraction of sp³-hybridized carbons (Fsp3) is 0.812. The Bertz CT molecular complexity index is 1600. The van der Waals surface area contributed by atoms with E-state index in [0.29, 0.717) is 28.5 Å². The highest BCUT2D eigenvalue weighted by Crippen LogP contribution is 2.67. The standard InChI is InChI=1S/C48H71N3O3/c1-32-11-10-12-41(2,18-32)27-46(13-8-7-9-14-46)49-38(52)35-15-36(39(53)50-47-23-33-19-42(3,28-47)25-43(4,20-33)29-47)17-37(16-35)40(54)51-48-24-34-21-44(5,30-48)26-45(6,22-34)31-48/h15-17,32-34H,7-14,18-31H2,1-6H3,(H,49,52)(H,50,53)(H,51,54). The third-order valence-corrected chi connectivity index (χ3v) is 17.0. The number of nitrogens with one attached hydrogen (secondary N) is 3. The van der Waals surface area contributed by atoms with Crippen LogP contribution in [0.15, 0.2) is 18.2 Å². The molecule has 10 aliphatic carbocycles. The van der Waals surface area contributed by atoms with E-state index < -0.39 is 0 Å². The van der Waals surface area contributed by atoms with E-state index in [2.05, 4.69) is 57.5 Å². The van der Waals surface area contributed by atoms with Crippen molar-refractivity contribution in [2.45, 2.75) is 199 Å². The quantitative estimate of drug-likeness (QED) is 0.248. The molecule has 0 spiro atoms. The minimum atomic E-state index is -0.254. The molecule has 10 aliphatic rings. The Kier molecular flexibility index (Phi) is 8.49. The van der Waals surface area contributed by atoms with Gasteiger partial charge in [0, 0.05) is 33.3 Å². The average Bonchev–Trinajstić information content (AvgIpc) is 3.00. The van der Waals surface area contributed by atoms with Crippen LogP contribution in [0.5, 0.6) is 0 Å². The molecule has 0 saturated heterocycles. The SMILES string of the molecule is CC1CCCC(C)(CC2(NC(=O)c3cc(C(=O)NC45CC6CC(C)(CC(C)(C6)C4)C5)cc(C(=O)NC45CC6CC(C)(CC(C)(C6)C4)C5)c3)CCCCC2)C1. The van der Waals surface area contributed by atoms with Gasteiger partial charge in [0.1, 0.15) is 0 Å². The van der Waals surface area contributed by atoms with Crippen LogP contribution in [0.25, 0.3) is 0 Å². The van der Waals surface area contributed by atoms with Crippen molar-refractivity contribution >= 4 is 17.7 Å². The average molecular weight is 738 g/mol. The molecule has 1 aromatic carbocycles. The van der Waals surface area contributed by atoms with E-state index in [1.165, 1.54) is 70.6 Å². The van der Waals surface area contributed by atoms with Crippen molar-refractivity contribution in [2.24, 2.45) is 44.8 Å². The largest absolute Gasteiger partial charge is 0.347 e. The molecule has 1 aromatic rings. The Morgan fingerprint density at radius 2 is 0.963 bits per heavy atom. The molecule has 3 N–H and O–H groups in total. The topological polar surface area (TPSA) is 87.3 Å². The normalized spacial score (nSPS) is 45.6. The molecule has 0 radical (unpaired) electrons. The maximum Gasteiger partial charge on any atom is 0.251 e. The molecule has 6 unspecified atom stereocenters. The van der Waals surface area contributed by atoms with Gasteiger partial charge in [-0.1, -0.05) is 73.6 Å². The van der Waals surface area contributed by atoms with E-state index >= 15 is 0 Å². The third kappa shape index (κ3) is 6.88.